The van der Waals surface area contributed by atoms with Crippen molar-refractivity contribution in [2.75, 3.05) is 11.9 Å². The topological polar surface area (TPSA) is 102 Å². The molecule has 0 spiro atoms. The Morgan fingerprint density at radius 3 is 2.33 bits per heavy atom. The number of rotatable bonds is 9. The van der Waals surface area contributed by atoms with Gasteiger partial charge in [0.1, 0.15) is 6.04 Å². The van der Waals surface area contributed by atoms with Crippen molar-refractivity contribution in [1.82, 2.24) is 15.1 Å². The fourth-order valence-electron chi connectivity index (χ4n) is 3.23. The van der Waals surface area contributed by atoms with E-state index < -0.39 is 12.0 Å². The molecule has 3 rings (SSSR count). The second-order valence-electron chi connectivity index (χ2n) is 7.91. The number of ether oxygens (including phenoxy) is 1. The van der Waals surface area contributed by atoms with E-state index in [1.807, 2.05) is 44.2 Å². The molecule has 0 saturated heterocycles. The van der Waals surface area contributed by atoms with Crippen LogP contribution in [0.5, 0.6) is 0 Å². The molecule has 1 heterocycles. The standard InChI is InChI=1S/C25H28N4O4/c1-4-33-25(32)21-14-15-29(28-21)20-12-10-19(11-13-20)26-24(31)23(18-8-6-5-7-9-18)27-22(30)16-17(2)3/h5-15,17,23H,4,16H2,1-3H3,(H,26,31)(H,27,30). The highest BCUT2D eigenvalue weighted by Gasteiger charge is 2.23. The van der Waals surface area contributed by atoms with Gasteiger partial charge < -0.3 is 15.4 Å². The number of aromatic nitrogens is 2. The van der Waals surface area contributed by atoms with Crippen LogP contribution in [0, 0.1) is 5.92 Å². The van der Waals surface area contributed by atoms with Crippen molar-refractivity contribution in [3.8, 4) is 5.69 Å². The van der Waals surface area contributed by atoms with Crippen molar-refractivity contribution in [3.63, 3.8) is 0 Å². The van der Waals surface area contributed by atoms with Crippen LogP contribution in [0.4, 0.5) is 5.69 Å². The molecular formula is C25H28N4O4. The summed E-state index contributed by atoms with van der Waals surface area (Å²) in [5.41, 5.74) is 2.21. The number of esters is 1. The zero-order chi connectivity index (χ0) is 23.8. The van der Waals surface area contributed by atoms with Gasteiger partial charge in [0.05, 0.1) is 12.3 Å². The first-order valence-electron chi connectivity index (χ1n) is 10.9. The fraction of sp³-hybridized carbons (Fsp3) is 0.280. The monoisotopic (exact) mass is 448 g/mol. The highest BCUT2D eigenvalue weighted by molar-refractivity contribution is 5.98. The molecule has 0 aliphatic heterocycles. The van der Waals surface area contributed by atoms with Crippen LogP contribution in [-0.2, 0) is 14.3 Å². The van der Waals surface area contributed by atoms with Crippen LogP contribution in [0.15, 0.2) is 66.9 Å². The number of anilines is 1. The predicted octanol–water partition coefficient (Wildman–Crippen LogP) is 3.89. The Morgan fingerprint density at radius 2 is 1.70 bits per heavy atom. The van der Waals surface area contributed by atoms with E-state index in [-0.39, 0.29) is 30.0 Å². The largest absolute Gasteiger partial charge is 0.461 e. The number of amides is 2. The summed E-state index contributed by atoms with van der Waals surface area (Å²) in [5, 5.41) is 9.92. The van der Waals surface area contributed by atoms with Crippen LogP contribution in [0.1, 0.15) is 49.3 Å². The number of hydrogen-bond acceptors (Lipinski definition) is 5. The summed E-state index contributed by atoms with van der Waals surface area (Å²) < 4.78 is 6.51. The zero-order valence-electron chi connectivity index (χ0n) is 18.9. The Kier molecular flexibility index (Phi) is 7.96. The molecule has 1 aromatic heterocycles. The number of carbonyl (C=O) groups excluding carboxylic acids is 3. The lowest BCUT2D eigenvalue weighted by molar-refractivity contribution is -0.127. The minimum Gasteiger partial charge on any atom is -0.461 e. The van der Waals surface area contributed by atoms with E-state index in [4.69, 9.17) is 4.74 Å². The van der Waals surface area contributed by atoms with Gasteiger partial charge in [0.15, 0.2) is 5.69 Å². The van der Waals surface area contributed by atoms with E-state index in [0.717, 1.165) is 0 Å². The number of nitrogens with one attached hydrogen (secondary N) is 2. The second-order valence-corrected chi connectivity index (χ2v) is 7.91. The summed E-state index contributed by atoms with van der Waals surface area (Å²) in [7, 11) is 0. The SMILES string of the molecule is CCOC(=O)c1ccn(-c2ccc(NC(=O)C(NC(=O)CC(C)C)c3ccccc3)cc2)n1. The van der Waals surface area contributed by atoms with E-state index >= 15 is 0 Å². The van der Waals surface area contributed by atoms with Crippen LogP contribution in [0.2, 0.25) is 0 Å². The average Bonchev–Trinajstić information content (AvgIpc) is 3.29. The normalized spacial score (nSPS) is 11.6. The molecule has 0 saturated carbocycles. The van der Waals surface area contributed by atoms with Gasteiger partial charge in [0.25, 0.3) is 5.91 Å². The molecule has 0 bridgehead atoms. The minimum absolute atomic E-state index is 0.180. The molecule has 2 aromatic carbocycles. The molecule has 33 heavy (non-hydrogen) atoms. The predicted molar refractivity (Wildman–Crippen MR) is 125 cm³/mol. The van der Waals surface area contributed by atoms with Gasteiger partial charge in [0.2, 0.25) is 5.91 Å². The summed E-state index contributed by atoms with van der Waals surface area (Å²) in [6, 6.07) is 16.9. The molecule has 0 radical (unpaired) electrons. The Morgan fingerprint density at radius 1 is 1.00 bits per heavy atom. The number of hydrogen-bond donors (Lipinski definition) is 2. The molecule has 8 nitrogen and oxygen atoms in total. The number of carbonyl (C=O) groups is 3. The molecule has 3 aromatic rings. The lowest BCUT2D eigenvalue weighted by Crippen LogP contribution is -2.37. The summed E-state index contributed by atoms with van der Waals surface area (Å²) >= 11 is 0. The summed E-state index contributed by atoms with van der Waals surface area (Å²) in [4.78, 5) is 37.2. The molecule has 2 amide bonds. The van der Waals surface area contributed by atoms with Crippen molar-refractivity contribution in [3.05, 3.63) is 78.1 Å². The Balaban J connectivity index is 1.72. The average molecular weight is 449 g/mol. The Labute approximate surface area is 193 Å². The van der Waals surface area contributed by atoms with E-state index in [1.165, 1.54) is 0 Å². The van der Waals surface area contributed by atoms with Gasteiger partial charge in [-0.3, -0.25) is 9.59 Å². The first-order valence-corrected chi connectivity index (χ1v) is 10.9. The zero-order valence-corrected chi connectivity index (χ0v) is 18.9. The maximum atomic E-state index is 13.0. The van der Waals surface area contributed by atoms with Crippen LogP contribution >= 0.6 is 0 Å². The van der Waals surface area contributed by atoms with Gasteiger partial charge in [-0.15, -0.1) is 0 Å². The highest BCUT2D eigenvalue weighted by Crippen LogP contribution is 2.19. The number of benzene rings is 2. The van der Waals surface area contributed by atoms with Crippen molar-refractivity contribution in [2.45, 2.75) is 33.2 Å². The van der Waals surface area contributed by atoms with E-state index in [0.29, 0.717) is 23.4 Å². The molecule has 0 fully saturated rings. The first-order chi connectivity index (χ1) is 15.9. The van der Waals surface area contributed by atoms with Gasteiger partial charge in [-0.25, -0.2) is 9.48 Å². The molecule has 172 valence electrons. The van der Waals surface area contributed by atoms with Gasteiger partial charge in [0, 0.05) is 18.3 Å². The molecule has 8 heteroatoms. The molecular weight excluding hydrogens is 420 g/mol. The third-order valence-electron chi connectivity index (χ3n) is 4.77. The van der Waals surface area contributed by atoms with Crippen LogP contribution in [-0.4, -0.2) is 34.2 Å². The molecule has 1 unspecified atom stereocenters. The van der Waals surface area contributed by atoms with Gasteiger partial charge in [-0.05, 0) is 48.7 Å². The maximum absolute atomic E-state index is 13.0. The van der Waals surface area contributed by atoms with Crippen LogP contribution < -0.4 is 10.6 Å². The van der Waals surface area contributed by atoms with Crippen molar-refractivity contribution < 1.29 is 19.1 Å². The number of nitrogens with zero attached hydrogens (tertiary/aromatic N) is 2. The first kappa shape index (κ1) is 23.7. The van der Waals surface area contributed by atoms with Gasteiger partial charge >= 0.3 is 5.97 Å². The smallest absolute Gasteiger partial charge is 0.358 e. The van der Waals surface area contributed by atoms with E-state index in [1.54, 1.807) is 48.1 Å². The fourth-order valence-corrected chi connectivity index (χ4v) is 3.23. The minimum atomic E-state index is -0.810. The molecule has 0 aliphatic carbocycles. The van der Waals surface area contributed by atoms with Gasteiger partial charge in [-0.2, -0.15) is 5.10 Å². The van der Waals surface area contributed by atoms with E-state index in [2.05, 4.69) is 15.7 Å². The summed E-state index contributed by atoms with van der Waals surface area (Å²) in [6.07, 6.45) is 2.00. The van der Waals surface area contributed by atoms with Crippen LogP contribution in [0.3, 0.4) is 0 Å². The quantitative estimate of drug-likeness (QED) is 0.484. The molecule has 2 N–H and O–H groups in total. The summed E-state index contributed by atoms with van der Waals surface area (Å²) in [5.74, 6) is -0.814. The lowest BCUT2D eigenvalue weighted by Gasteiger charge is -2.19. The molecule has 1 atom stereocenters. The Hall–Kier alpha value is -3.94. The maximum Gasteiger partial charge on any atom is 0.358 e. The van der Waals surface area contributed by atoms with Gasteiger partial charge in [-0.1, -0.05) is 44.2 Å². The molecule has 0 aliphatic rings. The van der Waals surface area contributed by atoms with Crippen LogP contribution in [0.25, 0.3) is 5.69 Å². The van der Waals surface area contributed by atoms with Crippen molar-refractivity contribution in [1.29, 1.82) is 0 Å². The summed E-state index contributed by atoms with van der Waals surface area (Å²) in [6.45, 7) is 5.92. The second kappa shape index (κ2) is 11.1. The third-order valence-corrected chi connectivity index (χ3v) is 4.77. The van der Waals surface area contributed by atoms with Crippen molar-refractivity contribution >= 4 is 23.5 Å². The lowest BCUT2D eigenvalue weighted by atomic mass is 10.0. The van der Waals surface area contributed by atoms with Crippen molar-refractivity contribution in [2.24, 2.45) is 5.92 Å². The Bertz CT molecular complexity index is 1090. The highest BCUT2D eigenvalue weighted by atomic mass is 16.5. The third kappa shape index (κ3) is 6.52. The van der Waals surface area contributed by atoms with E-state index in [9.17, 15) is 14.4 Å².